The summed E-state index contributed by atoms with van der Waals surface area (Å²) in [4.78, 5) is 11.6. The van der Waals surface area contributed by atoms with Gasteiger partial charge in [0.05, 0.1) is 5.92 Å². The van der Waals surface area contributed by atoms with Crippen LogP contribution in [0.5, 0.6) is 0 Å². The summed E-state index contributed by atoms with van der Waals surface area (Å²) in [6, 6.07) is 0. The summed E-state index contributed by atoms with van der Waals surface area (Å²) in [5, 5.41) is 0. The predicted molar refractivity (Wildman–Crippen MR) is 57.0 cm³/mol. The van der Waals surface area contributed by atoms with E-state index in [4.69, 9.17) is 4.74 Å². The van der Waals surface area contributed by atoms with Gasteiger partial charge in [-0.15, -0.1) is 0 Å². The van der Waals surface area contributed by atoms with E-state index in [-0.39, 0.29) is 18.0 Å². The summed E-state index contributed by atoms with van der Waals surface area (Å²) in [5.41, 5.74) is 0. The van der Waals surface area contributed by atoms with Crippen LogP contribution in [0.3, 0.4) is 0 Å². The fourth-order valence-corrected chi connectivity index (χ4v) is 1.89. The normalized spacial score (nSPS) is 29.6. The number of rotatable bonds is 3. The Bertz CT molecular complexity index is 189. The maximum atomic E-state index is 11.6. The molecule has 0 aliphatic heterocycles. The highest BCUT2D eigenvalue weighted by molar-refractivity contribution is 5.72. The van der Waals surface area contributed by atoms with Gasteiger partial charge < -0.3 is 4.74 Å². The van der Waals surface area contributed by atoms with Crippen LogP contribution < -0.4 is 0 Å². The largest absolute Gasteiger partial charge is 0.462 e. The van der Waals surface area contributed by atoms with E-state index >= 15 is 0 Å². The van der Waals surface area contributed by atoms with Gasteiger partial charge in [-0.1, -0.05) is 27.2 Å². The monoisotopic (exact) mass is 198 g/mol. The van der Waals surface area contributed by atoms with Crippen molar-refractivity contribution in [2.75, 3.05) is 0 Å². The summed E-state index contributed by atoms with van der Waals surface area (Å²) in [5.74, 6) is 0.604. The molecule has 1 fully saturated rings. The van der Waals surface area contributed by atoms with Crippen LogP contribution in [0.1, 0.15) is 52.9 Å². The average Bonchev–Trinajstić information content (AvgIpc) is 2.20. The molecule has 3 unspecified atom stereocenters. The van der Waals surface area contributed by atoms with E-state index in [2.05, 4.69) is 6.92 Å². The zero-order chi connectivity index (χ0) is 10.6. The second kappa shape index (κ2) is 5.38. The van der Waals surface area contributed by atoms with E-state index < -0.39 is 0 Å². The maximum absolute atomic E-state index is 11.6. The fourth-order valence-electron chi connectivity index (χ4n) is 1.89. The van der Waals surface area contributed by atoms with Crippen molar-refractivity contribution in [2.24, 2.45) is 11.8 Å². The number of hydrogen-bond acceptors (Lipinski definition) is 2. The SMILES string of the molecule is CCC(C)C(=O)OC1CCCCC1C. The minimum absolute atomic E-state index is 0.00810. The summed E-state index contributed by atoms with van der Waals surface area (Å²) in [7, 11) is 0. The molecule has 0 spiro atoms. The lowest BCUT2D eigenvalue weighted by atomic mass is 9.88. The van der Waals surface area contributed by atoms with Crippen LogP contribution in [-0.2, 0) is 9.53 Å². The fraction of sp³-hybridized carbons (Fsp3) is 0.917. The minimum Gasteiger partial charge on any atom is -0.462 e. The molecule has 0 aromatic rings. The molecule has 1 rings (SSSR count). The van der Waals surface area contributed by atoms with Gasteiger partial charge in [-0.2, -0.15) is 0 Å². The van der Waals surface area contributed by atoms with Crippen molar-refractivity contribution in [3.63, 3.8) is 0 Å². The van der Waals surface area contributed by atoms with Gasteiger partial charge in [0.2, 0.25) is 0 Å². The van der Waals surface area contributed by atoms with Gasteiger partial charge in [-0.3, -0.25) is 4.79 Å². The van der Waals surface area contributed by atoms with E-state index in [1.165, 1.54) is 19.3 Å². The quantitative estimate of drug-likeness (QED) is 0.651. The average molecular weight is 198 g/mol. The van der Waals surface area contributed by atoms with Gasteiger partial charge in [0, 0.05) is 0 Å². The van der Waals surface area contributed by atoms with Gasteiger partial charge in [0.1, 0.15) is 6.10 Å². The third kappa shape index (κ3) is 3.00. The zero-order valence-corrected chi connectivity index (χ0v) is 9.58. The van der Waals surface area contributed by atoms with Gasteiger partial charge in [0.15, 0.2) is 0 Å². The van der Waals surface area contributed by atoms with Gasteiger partial charge in [-0.25, -0.2) is 0 Å². The molecule has 1 aliphatic rings. The van der Waals surface area contributed by atoms with Crippen molar-refractivity contribution in [3.8, 4) is 0 Å². The van der Waals surface area contributed by atoms with Crippen LogP contribution >= 0.6 is 0 Å². The highest BCUT2D eigenvalue weighted by Gasteiger charge is 2.26. The first-order valence-electron chi connectivity index (χ1n) is 5.85. The Morgan fingerprint density at radius 2 is 2.07 bits per heavy atom. The number of hydrogen-bond donors (Lipinski definition) is 0. The van der Waals surface area contributed by atoms with Crippen molar-refractivity contribution < 1.29 is 9.53 Å². The molecule has 14 heavy (non-hydrogen) atoms. The minimum atomic E-state index is -0.00810. The van der Waals surface area contributed by atoms with Crippen molar-refractivity contribution >= 4 is 5.97 Å². The van der Waals surface area contributed by atoms with Crippen LogP contribution in [0.15, 0.2) is 0 Å². The molecule has 1 saturated carbocycles. The Morgan fingerprint density at radius 1 is 1.43 bits per heavy atom. The number of esters is 1. The standard InChI is InChI=1S/C12H22O2/c1-4-9(2)12(13)14-11-8-6-5-7-10(11)3/h9-11H,4-8H2,1-3H3. The molecule has 0 bridgehead atoms. The molecule has 0 aromatic heterocycles. The molecule has 0 aromatic carbocycles. The number of carbonyl (C=O) groups is 1. The first kappa shape index (κ1) is 11.5. The molecular weight excluding hydrogens is 176 g/mol. The number of ether oxygens (including phenoxy) is 1. The lowest BCUT2D eigenvalue weighted by Crippen LogP contribution is -2.30. The second-order valence-electron chi connectivity index (χ2n) is 4.55. The van der Waals surface area contributed by atoms with E-state index in [0.717, 1.165) is 12.8 Å². The Labute approximate surface area is 87.0 Å². The molecule has 82 valence electrons. The van der Waals surface area contributed by atoms with Crippen LogP contribution in [0.25, 0.3) is 0 Å². The van der Waals surface area contributed by atoms with Crippen molar-refractivity contribution in [1.82, 2.24) is 0 Å². The molecule has 0 amide bonds. The Hall–Kier alpha value is -0.530. The summed E-state index contributed by atoms with van der Waals surface area (Å²) in [6.45, 7) is 6.15. The summed E-state index contributed by atoms with van der Waals surface area (Å²) >= 11 is 0. The van der Waals surface area contributed by atoms with Crippen molar-refractivity contribution in [3.05, 3.63) is 0 Å². The first-order valence-corrected chi connectivity index (χ1v) is 5.85. The molecule has 0 heterocycles. The van der Waals surface area contributed by atoms with E-state index in [1.54, 1.807) is 0 Å². The molecule has 0 radical (unpaired) electrons. The van der Waals surface area contributed by atoms with Crippen molar-refractivity contribution in [1.29, 1.82) is 0 Å². The Morgan fingerprint density at radius 3 is 2.64 bits per heavy atom. The third-order valence-electron chi connectivity index (χ3n) is 3.32. The molecule has 2 heteroatoms. The van der Waals surface area contributed by atoms with Crippen molar-refractivity contribution in [2.45, 2.75) is 59.0 Å². The molecule has 0 N–H and O–H groups in total. The lowest BCUT2D eigenvalue weighted by molar-refractivity contribution is -0.157. The third-order valence-corrected chi connectivity index (χ3v) is 3.32. The van der Waals surface area contributed by atoms with Crippen LogP contribution in [0.2, 0.25) is 0 Å². The van der Waals surface area contributed by atoms with Gasteiger partial charge in [-0.05, 0) is 31.6 Å². The highest BCUT2D eigenvalue weighted by Crippen LogP contribution is 2.27. The topological polar surface area (TPSA) is 26.3 Å². The van der Waals surface area contributed by atoms with Crippen LogP contribution in [-0.4, -0.2) is 12.1 Å². The Balaban J connectivity index is 2.38. The Kier molecular flexibility index (Phi) is 4.43. The van der Waals surface area contributed by atoms with E-state index in [1.807, 2.05) is 13.8 Å². The molecular formula is C12H22O2. The highest BCUT2D eigenvalue weighted by atomic mass is 16.5. The van der Waals surface area contributed by atoms with Crippen LogP contribution in [0, 0.1) is 11.8 Å². The second-order valence-corrected chi connectivity index (χ2v) is 4.55. The lowest BCUT2D eigenvalue weighted by Gasteiger charge is -2.29. The number of carbonyl (C=O) groups excluding carboxylic acids is 1. The van der Waals surface area contributed by atoms with Crippen LogP contribution in [0.4, 0.5) is 0 Å². The molecule has 0 saturated heterocycles. The first-order chi connectivity index (χ1) is 6.65. The molecule has 1 aliphatic carbocycles. The molecule has 3 atom stereocenters. The van der Waals surface area contributed by atoms with E-state index in [9.17, 15) is 4.79 Å². The zero-order valence-electron chi connectivity index (χ0n) is 9.58. The summed E-state index contributed by atoms with van der Waals surface area (Å²) < 4.78 is 5.52. The molecule has 2 nitrogen and oxygen atoms in total. The smallest absolute Gasteiger partial charge is 0.308 e. The predicted octanol–water partition coefficient (Wildman–Crippen LogP) is 3.15. The van der Waals surface area contributed by atoms with Gasteiger partial charge in [0.25, 0.3) is 0 Å². The maximum Gasteiger partial charge on any atom is 0.308 e. The summed E-state index contributed by atoms with van der Waals surface area (Å²) in [6.07, 6.45) is 5.83. The van der Waals surface area contributed by atoms with Gasteiger partial charge >= 0.3 is 5.97 Å². The van der Waals surface area contributed by atoms with E-state index in [0.29, 0.717) is 5.92 Å².